The van der Waals surface area contributed by atoms with Crippen LogP contribution in [0.3, 0.4) is 0 Å². The Morgan fingerprint density at radius 2 is 1.94 bits per heavy atom. The summed E-state index contributed by atoms with van der Waals surface area (Å²) in [5.74, 6) is -1.10. The Hall–Kier alpha value is -1.84. The van der Waals surface area contributed by atoms with Crippen molar-refractivity contribution < 1.29 is 14.7 Å². The van der Waals surface area contributed by atoms with Crippen LogP contribution in [0.5, 0.6) is 0 Å². The molecule has 0 aliphatic carbocycles. The van der Waals surface area contributed by atoms with Gasteiger partial charge in [-0.3, -0.25) is 4.79 Å². The van der Waals surface area contributed by atoms with E-state index in [4.69, 9.17) is 5.11 Å². The molecule has 0 spiro atoms. The highest BCUT2D eigenvalue weighted by molar-refractivity contribution is 5.96. The number of hydrogen-bond acceptors (Lipinski definition) is 2. The Morgan fingerprint density at radius 1 is 1.29 bits per heavy atom. The minimum atomic E-state index is -0.914. The van der Waals surface area contributed by atoms with Gasteiger partial charge in [-0.15, -0.1) is 0 Å². The second kappa shape index (κ2) is 4.57. The van der Waals surface area contributed by atoms with Crippen molar-refractivity contribution in [2.24, 2.45) is 0 Å². The fourth-order valence-electron chi connectivity index (χ4n) is 2.13. The van der Waals surface area contributed by atoms with Crippen LogP contribution in [-0.4, -0.2) is 34.5 Å². The quantitative estimate of drug-likeness (QED) is 0.845. The van der Waals surface area contributed by atoms with Gasteiger partial charge in [-0.2, -0.15) is 0 Å². The summed E-state index contributed by atoms with van der Waals surface area (Å²) >= 11 is 0. The fourth-order valence-corrected chi connectivity index (χ4v) is 2.13. The van der Waals surface area contributed by atoms with E-state index in [9.17, 15) is 9.59 Å². The van der Waals surface area contributed by atoms with Gasteiger partial charge in [0.05, 0.1) is 0 Å². The number of rotatable bonds is 2. The zero-order chi connectivity index (χ0) is 12.4. The molecule has 17 heavy (non-hydrogen) atoms. The number of nitrogens with zero attached hydrogens (tertiary/aromatic N) is 1. The lowest BCUT2D eigenvalue weighted by atomic mass is 10.1. The van der Waals surface area contributed by atoms with Crippen molar-refractivity contribution in [3.63, 3.8) is 0 Å². The zero-order valence-corrected chi connectivity index (χ0v) is 9.72. The van der Waals surface area contributed by atoms with Gasteiger partial charge in [-0.1, -0.05) is 17.7 Å². The van der Waals surface area contributed by atoms with Crippen molar-refractivity contribution in [1.82, 2.24) is 4.90 Å². The van der Waals surface area contributed by atoms with Gasteiger partial charge < -0.3 is 10.0 Å². The van der Waals surface area contributed by atoms with Crippen molar-refractivity contribution in [2.75, 3.05) is 6.54 Å². The van der Waals surface area contributed by atoms with Crippen LogP contribution in [0.4, 0.5) is 0 Å². The van der Waals surface area contributed by atoms with E-state index in [1.54, 1.807) is 12.1 Å². The summed E-state index contributed by atoms with van der Waals surface area (Å²) < 4.78 is 0. The molecule has 1 N–H and O–H groups in total. The SMILES string of the molecule is Cc1ccc(C(=O)N2CCC[C@@H]2C(=O)O)cc1. The molecule has 1 aliphatic heterocycles. The maximum absolute atomic E-state index is 12.1. The van der Waals surface area contributed by atoms with E-state index in [1.807, 2.05) is 19.1 Å². The number of amides is 1. The lowest BCUT2D eigenvalue weighted by Gasteiger charge is -2.21. The molecule has 1 heterocycles. The largest absolute Gasteiger partial charge is 0.480 e. The molecule has 1 aliphatic rings. The topological polar surface area (TPSA) is 57.6 Å². The monoisotopic (exact) mass is 233 g/mol. The molecule has 90 valence electrons. The highest BCUT2D eigenvalue weighted by Crippen LogP contribution is 2.20. The number of carbonyl (C=O) groups is 2. The van der Waals surface area contributed by atoms with Crippen molar-refractivity contribution >= 4 is 11.9 Å². The van der Waals surface area contributed by atoms with Crippen molar-refractivity contribution in [2.45, 2.75) is 25.8 Å². The lowest BCUT2D eigenvalue weighted by molar-refractivity contribution is -0.141. The number of aliphatic carboxylic acids is 1. The van der Waals surface area contributed by atoms with E-state index in [0.29, 0.717) is 18.5 Å². The van der Waals surface area contributed by atoms with Gasteiger partial charge >= 0.3 is 5.97 Å². The lowest BCUT2D eigenvalue weighted by Crippen LogP contribution is -2.40. The Labute approximate surface area is 99.9 Å². The molecule has 0 bridgehead atoms. The predicted octanol–water partition coefficient (Wildman–Crippen LogP) is 1.68. The molecule has 0 aromatic heterocycles. The van der Waals surface area contributed by atoms with Gasteiger partial charge in [0.1, 0.15) is 6.04 Å². The standard InChI is InChI=1S/C13H15NO3/c1-9-4-6-10(7-5-9)12(15)14-8-2-3-11(14)13(16)17/h4-7,11H,2-3,8H2,1H3,(H,16,17)/t11-/m1/s1. The van der Waals surface area contributed by atoms with Crippen LogP contribution in [0.1, 0.15) is 28.8 Å². The molecule has 1 aromatic carbocycles. The first-order valence-corrected chi connectivity index (χ1v) is 5.70. The Bertz CT molecular complexity index is 438. The first kappa shape index (κ1) is 11.6. The van der Waals surface area contributed by atoms with Crippen molar-refractivity contribution in [3.8, 4) is 0 Å². The smallest absolute Gasteiger partial charge is 0.326 e. The first-order chi connectivity index (χ1) is 8.09. The van der Waals surface area contributed by atoms with Crippen LogP contribution in [0.25, 0.3) is 0 Å². The molecule has 1 aromatic rings. The van der Waals surface area contributed by atoms with Gasteiger partial charge in [0, 0.05) is 12.1 Å². The molecule has 1 saturated heterocycles. The van der Waals surface area contributed by atoms with E-state index in [2.05, 4.69) is 0 Å². The van der Waals surface area contributed by atoms with Crippen LogP contribution in [0.15, 0.2) is 24.3 Å². The highest BCUT2D eigenvalue weighted by Gasteiger charge is 2.34. The molecular weight excluding hydrogens is 218 g/mol. The molecule has 0 saturated carbocycles. The van der Waals surface area contributed by atoms with Gasteiger partial charge in [0.2, 0.25) is 0 Å². The molecule has 1 atom stereocenters. The van der Waals surface area contributed by atoms with E-state index in [0.717, 1.165) is 12.0 Å². The second-order valence-electron chi connectivity index (χ2n) is 4.36. The van der Waals surface area contributed by atoms with E-state index in [-0.39, 0.29) is 5.91 Å². The number of carbonyl (C=O) groups excluding carboxylic acids is 1. The minimum Gasteiger partial charge on any atom is -0.480 e. The second-order valence-corrected chi connectivity index (χ2v) is 4.36. The predicted molar refractivity (Wildman–Crippen MR) is 62.9 cm³/mol. The number of aryl methyl sites for hydroxylation is 1. The van der Waals surface area contributed by atoms with E-state index < -0.39 is 12.0 Å². The Kier molecular flexibility index (Phi) is 3.13. The number of likely N-dealkylation sites (tertiary alicyclic amines) is 1. The summed E-state index contributed by atoms with van der Waals surface area (Å²) in [6.45, 7) is 2.48. The Balaban J connectivity index is 2.19. The fraction of sp³-hybridized carbons (Fsp3) is 0.385. The summed E-state index contributed by atoms with van der Waals surface area (Å²) in [5.41, 5.74) is 1.64. The van der Waals surface area contributed by atoms with Crippen LogP contribution in [-0.2, 0) is 4.79 Å². The summed E-state index contributed by atoms with van der Waals surface area (Å²) in [7, 11) is 0. The Morgan fingerprint density at radius 3 is 2.53 bits per heavy atom. The molecule has 1 amide bonds. The van der Waals surface area contributed by atoms with Crippen LogP contribution in [0.2, 0.25) is 0 Å². The minimum absolute atomic E-state index is 0.185. The zero-order valence-electron chi connectivity index (χ0n) is 9.72. The third-order valence-corrected chi connectivity index (χ3v) is 3.10. The van der Waals surface area contributed by atoms with Crippen LogP contribution < -0.4 is 0 Å². The van der Waals surface area contributed by atoms with Crippen LogP contribution in [0, 0.1) is 6.92 Å². The third kappa shape index (κ3) is 2.30. The molecule has 0 radical (unpaired) electrons. The molecular formula is C13H15NO3. The van der Waals surface area contributed by atoms with Crippen molar-refractivity contribution in [3.05, 3.63) is 35.4 Å². The van der Waals surface area contributed by atoms with Crippen molar-refractivity contribution in [1.29, 1.82) is 0 Å². The summed E-state index contributed by atoms with van der Waals surface area (Å²) in [6.07, 6.45) is 1.31. The summed E-state index contributed by atoms with van der Waals surface area (Å²) in [4.78, 5) is 24.6. The molecule has 0 unspecified atom stereocenters. The number of carboxylic acid groups (broad SMARTS) is 1. The highest BCUT2D eigenvalue weighted by atomic mass is 16.4. The van der Waals surface area contributed by atoms with E-state index in [1.165, 1.54) is 4.90 Å². The van der Waals surface area contributed by atoms with Crippen LogP contribution >= 0.6 is 0 Å². The summed E-state index contributed by atoms with van der Waals surface area (Å²) in [6, 6.07) is 6.55. The average Bonchev–Trinajstić information content (AvgIpc) is 2.78. The normalized spacial score (nSPS) is 19.4. The maximum Gasteiger partial charge on any atom is 0.326 e. The molecule has 4 heteroatoms. The number of benzene rings is 1. The molecule has 4 nitrogen and oxygen atoms in total. The average molecular weight is 233 g/mol. The van der Waals surface area contributed by atoms with Gasteiger partial charge in [0.25, 0.3) is 5.91 Å². The van der Waals surface area contributed by atoms with E-state index >= 15 is 0 Å². The third-order valence-electron chi connectivity index (χ3n) is 3.10. The van der Waals surface area contributed by atoms with Gasteiger partial charge in [-0.05, 0) is 31.9 Å². The molecule has 2 rings (SSSR count). The molecule has 1 fully saturated rings. The van der Waals surface area contributed by atoms with Gasteiger partial charge in [-0.25, -0.2) is 4.79 Å². The number of hydrogen-bond donors (Lipinski definition) is 1. The maximum atomic E-state index is 12.1. The number of carboxylic acids is 1. The first-order valence-electron chi connectivity index (χ1n) is 5.70. The summed E-state index contributed by atoms with van der Waals surface area (Å²) in [5, 5.41) is 9.03. The van der Waals surface area contributed by atoms with Gasteiger partial charge in [0.15, 0.2) is 0 Å².